The lowest BCUT2D eigenvalue weighted by Crippen LogP contribution is -2.07. The molecule has 1 rings (SSSR count). The van der Waals surface area contributed by atoms with E-state index in [0.29, 0.717) is 39.3 Å². The van der Waals surface area contributed by atoms with Gasteiger partial charge in [-0.3, -0.25) is 9.59 Å². The van der Waals surface area contributed by atoms with Crippen molar-refractivity contribution >= 4 is 11.9 Å². The lowest BCUT2D eigenvalue weighted by molar-refractivity contribution is -0.144. The van der Waals surface area contributed by atoms with Crippen LogP contribution in [0.25, 0.3) is 0 Å². The van der Waals surface area contributed by atoms with Crippen molar-refractivity contribution in [1.29, 1.82) is 0 Å². The van der Waals surface area contributed by atoms with Crippen molar-refractivity contribution in [3.63, 3.8) is 0 Å². The van der Waals surface area contributed by atoms with Gasteiger partial charge in [0.15, 0.2) is 0 Å². The maximum absolute atomic E-state index is 11.5. The fourth-order valence-corrected chi connectivity index (χ4v) is 2.48. The molecule has 23 heavy (non-hydrogen) atoms. The van der Waals surface area contributed by atoms with Gasteiger partial charge in [-0.25, -0.2) is 0 Å². The normalized spacial score (nSPS) is 22.4. The van der Waals surface area contributed by atoms with Crippen LogP contribution in [-0.4, -0.2) is 38.4 Å². The molecule has 0 spiro atoms. The van der Waals surface area contributed by atoms with Crippen LogP contribution in [0.5, 0.6) is 0 Å². The topological polar surface area (TPSA) is 61.8 Å². The Bertz CT molecular complexity index is 287. The molecule has 1 aliphatic heterocycles. The van der Waals surface area contributed by atoms with E-state index in [1.807, 2.05) is 0 Å². The van der Waals surface area contributed by atoms with Gasteiger partial charge < -0.3 is 14.2 Å². The zero-order valence-corrected chi connectivity index (χ0v) is 14.4. The molecule has 0 aromatic rings. The highest BCUT2D eigenvalue weighted by Crippen LogP contribution is 2.10. The largest absolute Gasteiger partial charge is 0.466 e. The van der Waals surface area contributed by atoms with E-state index >= 15 is 0 Å². The fraction of sp³-hybridized carbons (Fsp3) is 0.889. The molecule has 5 nitrogen and oxygen atoms in total. The molecule has 0 aromatic carbocycles. The van der Waals surface area contributed by atoms with Crippen LogP contribution in [0, 0.1) is 0 Å². The van der Waals surface area contributed by atoms with Crippen LogP contribution in [0.2, 0.25) is 0 Å². The minimum absolute atomic E-state index is 0.0837. The quantitative estimate of drug-likeness (QED) is 0.633. The number of hydrogen-bond donors (Lipinski definition) is 0. The molecule has 0 atom stereocenters. The van der Waals surface area contributed by atoms with Crippen LogP contribution in [-0.2, 0) is 23.8 Å². The molecule has 0 radical (unpaired) electrons. The summed E-state index contributed by atoms with van der Waals surface area (Å²) in [5.41, 5.74) is 0. The van der Waals surface area contributed by atoms with Gasteiger partial charge in [0.1, 0.15) is 0 Å². The summed E-state index contributed by atoms with van der Waals surface area (Å²) >= 11 is 0. The lowest BCUT2D eigenvalue weighted by atomic mass is 10.1. The monoisotopic (exact) mass is 328 g/mol. The molecule has 0 bridgehead atoms. The molecule has 1 aliphatic rings. The molecular formula is C18H32O5. The Morgan fingerprint density at radius 2 is 0.870 bits per heavy atom. The van der Waals surface area contributed by atoms with Crippen molar-refractivity contribution in [3.05, 3.63) is 0 Å². The Morgan fingerprint density at radius 1 is 0.478 bits per heavy atom. The van der Waals surface area contributed by atoms with Crippen molar-refractivity contribution in [2.24, 2.45) is 0 Å². The first kappa shape index (κ1) is 19.9. The molecular weight excluding hydrogens is 296 g/mol. The van der Waals surface area contributed by atoms with E-state index in [0.717, 1.165) is 64.2 Å². The van der Waals surface area contributed by atoms with E-state index in [2.05, 4.69) is 0 Å². The lowest BCUT2D eigenvalue weighted by Gasteiger charge is -2.06. The van der Waals surface area contributed by atoms with Gasteiger partial charge in [-0.05, 0) is 38.5 Å². The first-order valence-electron chi connectivity index (χ1n) is 9.18. The third-order valence-electron chi connectivity index (χ3n) is 3.90. The second kappa shape index (κ2) is 14.5. The molecule has 1 heterocycles. The highest BCUT2D eigenvalue weighted by Gasteiger charge is 2.04. The van der Waals surface area contributed by atoms with Gasteiger partial charge in [0.25, 0.3) is 0 Å². The van der Waals surface area contributed by atoms with Crippen molar-refractivity contribution in [3.8, 4) is 0 Å². The van der Waals surface area contributed by atoms with E-state index in [1.54, 1.807) is 0 Å². The second-order valence-electron chi connectivity index (χ2n) is 6.09. The third-order valence-corrected chi connectivity index (χ3v) is 3.90. The van der Waals surface area contributed by atoms with Gasteiger partial charge in [0.2, 0.25) is 0 Å². The van der Waals surface area contributed by atoms with Crippen LogP contribution in [0.4, 0.5) is 0 Å². The molecule has 134 valence electrons. The molecule has 0 unspecified atom stereocenters. The summed E-state index contributed by atoms with van der Waals surface area (Å²) < 4.78 is 15.9. The SMILES string of the molecule is O=C1CCCCCCCCC(=O)OCCCCOCCCCO1. The Hall–Kier alpha value is -1.10. The van der Waals surface area contributed by atoms with E-state index in [9.17, 15) is 9.59 Å². The predicted molar refractivity (Wildman–Crippen MR) is 88.1 cm³/mol. The first-order chi connectivity index (χ1) is 11.3. The highest BCUT2D eigenvalue weighted by atomic mass is 16.5. The van der Waals surface area contributed by atoms with Gasteiger partial charge in [-0.2, -0.15) is 0 Å². The van der Waals surface area contributed by atoms with E-state index in [1.165, 1.54) is 0 Å². The molecule has 1 saturated heterocycles. The first-order valence-corrected chi connectivity index (χ1v) is 9.18. The summed E-state index contributed by atoms with van der Waals surface area (Å²) in [6.45, 7) is 2.38. The fourth-order valence-electron chi connectivity index (χ4n) is 2.48. The summed E-state index contributed by atoms with van der Waals surface area (Å²) in [7, 11) is 0. The maximum atomic E-state index is 11.5. The zero-order valence-electron chi connectivity index (χ0n) is 14.4. The zero-order chi connectivity index (χ0) is 16.6. The maximum Gasteiger partial charge on any atom is 0.305 e. The molecule has 5 heteroatoms. The smallest absolute Gasteiger partial charge is 0.305 e. The van der Waals surface area contributed by atoms with E-state index in [-0.39, 0.29) is 11.9 Å². The van der Waals surface area contributed by atoms with Gasteiger partial charge in [0.05, 0.1) is 13.2 Å². The number of ether oxygens (including phenoxy) is 3. The molecule has 1 fully saturated rings. The number of cyclic esters (lactones) is 2. The van der Waals surface area contributed by atoms with Crippen LogP contribution in [0.1, 0.15) is 77.0 Å². The summed E-state index contributed by atoms with van der Waals surface area (Å²) in [6.07, 6.45) is 10.6. The van der Waals surface area contributed by atoms with Crippen LogP contribution in [0.15, 0.2) is 0 Å². The third kappa shape index (κ3) is 13.1. The summed E-state index contributed by atoms with van der Waals surface area (Å²) in [5.74, 6) is -0.167. The summed E-state index contributed by atoms with van der Waals surface area (Å²) in [5, 5.41) is 0. The number of hydrogen-bond acceptors (Lipinski definition) is 5. The molecule has 0 N–H and O–H groups in total. The number of carbonyl (C=O) groups excluding carboxylic acids is 2. The Morgan fingerprint density at radius 3 is 1.35 bits per heavy atom. The van der Waals surface area contributed by atoms with Crippen molar-refractivity contribution in [2.45, 2.75) is 77.0 Å². The van der Waals surface area contributed by atoms with Gasteiger partial charge in [0, 0.05) is 26.1 Å². The van der Waals surface area contributed by atoms with Crippen molar-refractivity contribution in [2.75, 3.05) is 26.4 Å². The van der Waals surface area contributed by atoms with Gasteiger partial charge in [-0.15, -0.1) is 0 Å². The minimum atomic E-state index is -0.0837. The van der Waals surface area contributed by atoms with E-state index in [4.69, 9.17) is 14.2 Å². The molecule has 0 aromatic heterocycles. The number of rotatable bonds is 0. The number of esters is 2. The van der Waals surface area contributed by atoms with Crippen LogP contribution >= 0.6 is 0 Å². The summed E-state index contributed by atoms with van der Waals surface area (Å²) in [6, 6.07) is 0. The minimum Gasteiger partial charge on any atom is -0.466 e. The van der Waals surface area contributed by atoms with E-state index < -0.39 is 0 Å². The van der Waals surface area contributed by atoms with Crippen LogP contribution < -0.4 is 0 Å². The molecule has 0 saturated carbocycles. The predicted octanol–water partition coefficient (Wildman–Crippen LogP) is 3.78. The standard InChI is InChI=1S/C18H32O5/c19-17-11-5-3-1-2-4-6-12-18(20)23-16-10-8-14-21-13-7-9-15-22-17/h1-16H2. The summed E-state index contributed by atoms with van der Waals surface area (Å²) in [4.78, 5) is 23.1. The van der Waals surface area contributed by atoms with Crippen LogP contribution in [0.3, 0.4) is 0 Å². The molecule has 0 amide bonds. The molecule has 0 aliphatic carbocycles. The number of carbonyl (C=O) groups is 2. The Labute approximate surface area is 140 Å². The van der Waals surface area contributed by atoms with Gasteiger partial charge in [-0.1, -0.05) is 25.7 Å². The average molecular weight is 328 g/mol. The van der Waals surface area contributed by atoms with Crippen molar-refractivity contribution < 1.29 is 23.8 Å². The highest BCUT2D eigenvalue weighted by molar-refractivity contribution is 5.69. The van der Waals surface area contributed by atoms with Gasteiger partial charge >= 0.3 is 11.9 Å². The second-order valence-corrected chi connectivity index (χ2v) is 6.09. The average Bonchev–Trinajstić information content (AvgIpc) is 2.54. The Kier molecular flexibility index (Phi) is 12.6. The Balaban J connectivity index is 2.17. The van der Waals surface area contributed by atoms with Crippen molar-refractivity contribution in [1.82, 2.24) is 0 Å².